The van der Waals surface area contributed by atoms with Gasteiger partial charge in [0, 0.05) is 16.0 Å². The molecule has 0 saturated heterocycles. The predicted molar refractivity (Wildman–Crippen MR) is 101 cm³/mol. The Kier molecular flexibility index (Phi) is 8.16. The summed E-state index contributed by atoms with van der Waals surface area (Å²) in [6.07, 6.45) is -8.44. The topological polar surface area (TPSA) is 37.4 Å². The molecule has 0 aliphatic heterocycles. The number of alkyl halides is 6. The Morgan fingerprint density at radius 1 is 0.828 bits per heavy atom. The van der Waals surface area contributed by atoms with Crippen LogP contribution in [0.3, 0.4) is 0 Å². The van der Waals surface area contributed by atoms with Gasteiger partial charge in [-0.3, -0.25) is 4.31 Å². The van der Waals surface area contributed by atoms with Gasteiger partial charge in [0.2, 0.25) is 10.0 Å². The van der Waals surface area contributed by atoms with Crippen molar-refractivity contribution in [1.29, 1.82) is 0 Å². The Hall–Kier alpha value is -1.34. The molecule has 0 saturated carbocycles. The molecule has 0 spiro atoms. The van der Waals surface area contributed by atoms with E-state index in [9.17, 15) is 39.2 Å². The number of sulfonamides is 1. The highest BCUT2D eigenvalue weighted by molar-refractivity contribution is 9.10. The number of halogens is 9. The Morgan fingerprint density at radius 2 is 1.24 bits per heavy atom. The molecule has 3 nitrogen and oxygen atoms in total. The maximum Gasteiger partial charge on any atom is 0.420 e. The van der Waals surface area contributed by atoms with Gasteiger partial charge >= 0.3 is 12.4 Å². The molecule has 0 aromatic heterocycles. The summed E-state index contributed by atoms with van der Waals surface area (Å²) in [6.45, 7) is 0. The van der Waals surface area contributed by atoms with Gasteiger partial charge in [-0.15, -0.1) is 0 Å². The third kappa shape index (κ3) is 6.85. The largest absolute Gasteiger partial charge is 0.420 e. The second kappa shape index (κ2) is 9.21. The Morgan fingerprint density at radius 3 is 1.59 bits per heavy atom. The lowest BCUT2D eigenvalue weighted by Gasteiger charge is -2.22. The molecule has 162 valence electrons. The third-order valence-electron chi connectivity index (χ3n) is 3.36. The summed E-state index contributed by atoms with van der Waals surface area (Å²) in [5.41, 5.74) is -2.67. The van der Waals surface area contributed by atoms with Gasteiger partial charge in [-0.2, -0.15) is 26.3 Å². The van der Waals surface area contributed by atoms with Crippen molar-refractivity contribution in [2.75, 3.05) is 17.6 Å². The Bertz CT molecular complexity index is 956. The van der Waals surface area contributed by atoms with Crippen LogP contribution in [-0.2, 0) is 22.4 Å². The van der Waals surface area contributed by atoms with Crippen molar-refractivity contribution in [3.8, 4) is 0 Å². The second-order valence-electron chi connectivity index (χ2n) is 5.46. The minimum absolute atomic E-state index is 0.196. The van der Waals surface area contributed by atoms with Crippen LogP contribution in [0.5, 0.6) is 0 Å². The lowest BCUT2D eigenvalue weighted by Crippen LogP contribution is -2.27. The first-order valence-electron chi connectivity index (χ1n) is 7.28. The quantitative estimate of drug-likeness (QED) is 0.386. The van der Waals surface area contributed by atoms with Crippen LogP contribution < -0.4 is 4.31 Å². The lowest BCUT2D eigenvalue weighted by molar-refractivity contribution is -0.140. The lowest BCUT2D eigenvalue weighted by atomic mass is 10.1. The number of anilines is 1. The molecule has 0 fully saturated rings. The van der Waals surface area contributed by atoms with Crippen LogP contribution in [0.4, 0.5) is 36.4 Å². The molecule has 0 aliphatic rings. The molecule has 0 atom stereocenters. The summed E-state index contributed by atoms with van der Waals surface area (Å²) >= 11 is 5.40. The van der Waals surface area contributed by atoms with Gasteiger partial charge in [0.25, 0.3) is 0 Å². The standard InChI is InChI=1S/C9H9BrF3NO2S.C7H3BrF4/c1-14(17(2,15)16)7-5-3-4-6(10)8(7)9(11,12)13;8-4-2-1-3-5(9)6(4)7(10,11)12/h3-5H,1-2H3;1-3H. The highest BCUT2D eigenvalue weighted by atomic mass is 79.9. The monoisotopic (exact) mass is 573 g/mol. The van der Waals surface area contributed by atoms with E-state index in [-0.39, 0.29) is 8.95 Å². The summed E-state index contributed by atoms with van der Waals surface area (Å²) in [5, 5.41) is 0. The summed E-state index contributed by atoms with van der Waals surface area (Å²) in [5.74, 6) is -1.27. The van der Waals surface area contributed by atoms with Gasteiger partial charge in [0.1, 0.15) is 11.4 Å². The number of benzene rings is 2. The molecule has 0 radical (unpaired) electrons. The molecule has 13 heteroatoms. The third-order valence-corrected chi connectivity index (χ3v) is 5.87. The highest BCUT2D eigenvalue weighted by Gasteiger charge is 2.38. The van der Waals surface area contributed by atoms with E-state index in [0.29, 0.717) is 4.31 Å². The first kappa shape index (κ1) is 25.7. The number of hydrogen-bond donors (Lipinski definition) is 0. The van der Waals surface area contributed by atoms with Crippen molar-refractivity contribution in [3.05, 3.63) is 62.3 Å². The average molecular weight is 575 g/mol. The van der Waals surface area contributed by atoms with Crippen molar-refractivity contribution in [2.24, 2.45) is 0 Å². The molecule has 2 aromatic carbocycles. The number of nitrogens with zero attached hydrogens (tertiary/aromatic N) is 1. The minimum Gasteiger partial charge on any atom is -0.273 e. The summed E-state index contributed by atoms with van der Waals surface area (Å²) in [6, 6.07) is 6.78. The fourth-order valence-electron chi connectivity index (χ4n) is 2.00. The zero-order valence-electron chi connectivity index (χ0n) is 14.5. The van der Waals surface area contributed by atoms with Gasteiger partial charge in [-0.25, -0.2) is 12.8 Å². The molecule has 0 unspecified atom stereocenters. The minimum atomic E-state index is -4.65. The van der Waals surface area contributed by atoms with Crippen LogP contribution in [0.25, 0.3) is 0 Å². The normalized spacial score (nSPS) is 12.2. The van der Waals surface area contributed by atoms with Crippen molar-refractivity contribution in [2.45, 2.75) is 12.4 Å². The van der Waals surface area contributed by atoms with Gasteiger partial charge in [0.15, 0.2) is 0 Å². The molecule has 0 N–H and O–H groups in total. The van der Waals surface area contributed by atoms with Crippen molar-refractivity contribution < 1.29 is 39.2 Å². The predicted octanol–water partition coefficient (Wildman–Crippen LogP) is 6.47. The molecule has 0 aliphatic carbocycles. The van der Waals surface area contributed by atoms with E-state index in [1.54, 1.807) is 0 Å². The average Bonchev–Trinajstić information content (AvgIpc) is 2.51. The van der Waals surface area contributed by atoms with Crippen LogP contribution in [0.15, 0.2) is 45.3 Å². The summed E-state index contributed by atoms with van der Waals surface area (Å²) in [4.78, 5) is 0. The molecule has 2 rings (SSSR count). The molecular formula is C16H12Br2F7NO2S. The fraction of sp³-hybridized carbons (Fsp3) is 0.250. The first-order chi connectivity index (χ1) is 13.0. The maximum atomic E-state index is 12.8. The fourth-order valence-corrected chi connectivity index (χ4v) is 3.66. The van der Waals surface area contributed by atoms with Crippen molar-refractivity contribution in [1.82, 2.24) is 0 Å². The van der Waals surface area contributed by atoms with Crippen LogP contribution in [0.1, 0.15) is 11.1 Å². The van der Waals surface area contributed by atoms with Gasteiger partial charge in [-0.1, -0.05) is 44.0 Å². The maximum absolute atomic E-state index is 12.8. The zero-order chi connectivity index (χ0) is 22.8. The van der Waals surface area contributed by atoms with Gasteiger partial charge < -0.3 is 0 Å². The molecule has 0 amide bonds. The van der Waals surface area contributed by atoms with Crippen LogP contribution >= 0.6 is 31.9 Å². The molecule has 2 aromatic rings. The first-order valence-corrected chi connectivity index (χ1v) is 10.7. The summed E-state index contributed by atoms with van der Waals surface area (Å²) in [7, 11) is -2.67. The van der Waals surface area contributed by atoms with Crippen molar-refractivity contribution >= 4 is 47.6 Å². The zero-order valence-corrected chi connectivity index (χ0v) is 18.5. The SMILES string of the molecule is CN(c1cccc(Br)c1C(F)(F)F)S(C)(=O)=O.Fc1cccc(Br)c1C(F)(F)F. The molecular weight excluding hydrogens is 563 g/mol. The van der Waals surface area contributed by atoms with Gasteiger partial charge in [-0.05, 0) is 24.3 Å². The van der Waals surface area contributed by atoms with E-state index >= 15 is 0 Å². The van der Waals surface area contributed by atoms with E-state index in [4.69, 9.17) is 0 Å². The van der Waals surface area contributed by atoms with Crippen LogP contribution in [-0.4, -0.2) is 21.7 Å². The summed E-state index contributed by atoms with van der Waals surface area (Å²) < 4.78 is 110. The van der Waals surface area contributed by atoms with Gasteiger partial charge in [0.05, 0.1) is 17.5 Å². The highest BCUT2D eigenvalue weighted by Crippen LogP contribution is 2.41. The molecule has 29 heavy (non-hydrogen) atoms. The molecule has 0 heterocycles. The number of hydrogen-bond acceptors (Lipinski definition) is 2. The van der Waals surface area contributed by atoms with Crippen LogP contribution in [0.2, 0.25) is 0 Å². The van der Waals surface area contributed by atoms with E-state index in [1.807, 2.05) is 0 Å². The van der Waals surface area contributed by atoms with E-state index in [1.165, 1.54) is 18.2 Å². The van der Waals surface area contributed by atoms with Crippen molar-refractivity contribution in [3.63, 3.8) is 0 Å². The molecule has 0 bridgehead atoms. The van der Waals surface area contributed by atoms with Crippen LogP contribution in [0, 0.1) is 5.82 Å². The second-order valence-corrected chi connectivity index (χ2v) is 9.18. The van der Waals surface area contributed by atoms with E-state index in [0.717, 1.165) is 31.5 Å². The van der Waals surface area contributed by atoms with E-state index < -0.39 is 45.0 Å². The Balaban J connectivity index is 0.000000308. The number of rotatable bonds is 2. The Labute approximate surface area is 178 Å². The smallest absolute Gasteiger partial charge is 0.273 e. The van der Waals surface area contributed by atoms with E-state index in [2.05, 4.69) is 31.9 Å².